The molecule has 2 aromatic rings. The van der Waals surface area contributed by atoms with Crippen LogP contribution in [-0.2, 0) is 22.3 Å². The number of hydrogen-bond acceptors (Lipinski definition) is 6. The molecule has 2 atom stereocenters. The van der Waals surface area contributed by atoms with Crippen molar-refractivity contribution in [3.63, 3.8) is 0 Å². The molecule has 1 aliphatic heterocycles. The summed E-state index contributed by atoms with van der Waals surface area (Å²) in [7, 11) is 1.32. The van der Waals surface area contributed by atoms with Gasteiger partial charge in [0.1, 0.15) is 10.9 Å². The van der Waals surface area contributed by atoms with E-state index in [4.69, 9.17) is 10.00 Å². The van der Waals surface area contributed by atoms with Gasteiger partial charge >= 0.3 is 5.97 Å². The zero-order valence-electron chi connectivity index (χ0n) is 17.0. The van der Waals surface area contributed by atoms with Crippen molar-refractivity contribution in [1.29, 1.82) is 5.26 Å². The molecule has 2 aromatic carbocycles. The fraction of sp³-hybridized carbons (Fsp3) is 0.391. The van der Waals surface area contributed by atoms with E-state index in [1.807, 2.05) is 12.1 Å². The summed E-state index contributed by atoms with van der Waals surface area (Å²) in [6, 6.07) is 16.0. The van der Waals surface area contributed by atoms with Crippen LogP contribution in [0.1, 0.15) is 40.7 Å². The summed E-state index contributed by atoms with van der Waals surface area (Å²) in [4.78, 5) is 12.2. The second-order valence-electron chi connectivity index (χ2n) is 7.50. The van der Waals surface area contributed by atoms with E-state index >= 15 is 0 Å². The standard InChI is InChI=1S/C23H26N2O4S/c1-29-22(26)19-7-9-20(10-8-19)30(28)21(23(27)12-14-25-15-13-23)11-6-17-2-4-18(16-24)5-3-17/h2-5,7-10,21,25,27H,6,11-15H2,1H3. The number of nitrogens with zero attached hydrogens (tertiary/aromatic N) is 1. The molecular formula is C23H26N2O4S. The topological polar surface area (TPSA) is 105 Å². The molecule has 1 fully saturated rings. The lowest BCUT2D eigenvalue weighted by molar-refractivity contribution is 0.00438. The first-order valence-corrected chi connectivity index (χ1v) is 11.2. The van der Waals surface area contributed by atoms with Crippen LogP contribution in [0.5, 0.6) is 0 Å². The maximum atomic E-state index is 13.5. The van der Waals surface area contributed by atoms with Crippen molar-refractivity contribution in [2.75, 3.05) is 20.2 Å². The maximum Gasteiger partial charge on any atom is 0.337 e. The summed E-state index contributed by atoms with van der Waals surface area (Å²) in [5.74, 6) is -0.443. The summed E-state index contributed by atoms with van der Waals surface area (Å²) in [5.41, 5.74) is 1.01. The van der Waals surface area contributed by atoms with Crippen molar-refractivity contribution in [1.82, 2.24) is 5.32 Å². The van der Waals surface area contributed by atoms with Gasteiger partial charge in [0.25, 0.3) is 0 Å². The number of carbonyl (C=O) groups excluding carboxylic acids is 1. The minimum Gasteiger partial charge on any atom is -0.611 e. The Balaban J connectivity index is 1.81. The van der Waals surface area contributed by atoms with E-state index in [2.05, 4.69) is 11.4 Å². The van der Waals surface area contributed by atoms with E-state index in [1.54, 1.807) is 36.4 Å². The van der Waals surface area contributed by atoms with Gasteiger partial charge in [0.15, 0.2) is 4.90 Å². The van der Waals surface area contributed by atoms with Crippen LogP contribution in [0.4, 0.5) is 0 Å². The molecule has 0 spiro atoms. The first kappa shape index (κ1) is 22.3. The Labute approximate surface area is 180 Å². The molecule has 0 aromatic heterocycles. The van der Waals surface area contributed by atoms with E-state index in [1.165, 1.54) is 7.11 Å². The van der Waals surface area contributed by atoms with Gasteiger partial charge < -0.3 is 19.7 Å². The van der Waals surface area contributed by atoms with Gasteiger partial charge in [0, 0.05) is 6.42 Å². The first-order valence-electron chi connectivity index (χ1n) is 9.98. The number of ether oxygens (including phenoxy) is 1. The molecule has 3 rings (SSSR count). The molecule has 0 aliphatic carbocycles. The second-order valence-corrected chi connectivity index (χ2v) is 9.14. The van der Waals surface area contributed by atoms with E-state index in [-0.39, 0.29) is 0 Å². The van der Waals surface area contributed by atoms with Gasteiger partial charge in [-0.3, -0.25) is 0 Å². The van der Waals surface area contributed by atoms with Crippen molar-refractivity contribution in [3.8, 4) is 6.07 Å². The smallest absolute Gasteiger partial charge is 0.337 e. The zero-order chi connectivity index (χ0) is 21.6. The molecule has 6 nitrogen and oxygen atoms in total. The lowest BCUT2D eigenvalue weighted by Crippen LogP contribution is -2.53. The Hall–Kier alpha value is -2.37. The highest BCUT2D eigenvalue weighted by Gasteiger charge is 2.45. The Morgan fingerprint density at radius 1 is 1.23 bits per heavy atom. The number of carbonyl (C=O) groups is 1. The van der Waals surface area contributed by atoms with Crippen LogP contribution < -0.4 is 5.32 Å². The molecule has 2 N–H and O–H groups in total. The van der Waals surface area contributed by atoms with Gasteiger partial charge in [-0.2, -0.15) is 5.26 Å². The highest BCUT2D eigenvalue weighted by Crippen LogP contribution is 2.34. The zero-order valence-corrected chi connectivity index (χ0v) is 17.8. The third-order valence-electron chi connectivity index (χ3n) is 5.61. The van der Waals surface area contributed by atoms with Crippen LogP contribution in [0.25, 0.3) is 0 Å². The number of nitrogens with one attached hydrogen (secondary N) is 1. The minimum absolute atomic E-state index is 0.396. The number of aryl methyl sites for hydroxylation is 1. The van der Waals surface area contributed by atoms with Crippen LogP contribution in [0.2, 0.25) is 0 Å². The Morgan fingerprint density at radius 2 is 1.87 bits per heavy atom. The largest absolute Gasteiger partial charge is 0.611 e. The van der Waals surface area contributed by atoms with Gasteiger partial charge in [0.05, 0.1) is 24.3 Å². The normalized spacial score (nSPS) is 17.5. The fourth-order valence-electron chi connectivity index (χ4n) is 3.81. The van der Waals surface area contributed by atoms with Crippen molar-refractivity contribution in [3.05, 3.63) is 65.2 Å². The van der Waals surface area contributed by atoms with E-state index < -0.39 is 28.0 Å². The van der Waals surface area contributed by atoms with Gasteiger partial charge in [0.2, 0.25) is 0 Å². The number of rotatable bonds is 7. The molecule has 0 amide bonds. The van der Waals surface area contributed by atoms with Crippen molar-refractivity contribution in [2.24, 2.45) is 0 Å². The predicted octanol–water partition coefficient (Wildman–Crippen LogP) is 2.57. The summed E-state index contributed by atoms with van der Waals surface area (Å²) in [6.45, 7) is 1.37. The Kier molecular flexibility index (Phi) is 7.51. The molecule has 0 saturated carbocycles. The number of aliphatic hydroxyl groups is 1. The molecule has 0 radical (unpaired) electrons. The van der Waals surface area contributed by atoms with Crippen molar-refractivity contribution >= 4 is 17.1 Å². The van der Waals surface area contributed by atoms with Crippen LogP contribution >= 0.6 is 0 Å². The number of piperidine rings is 1. The molecule has 2 unspecified atom stereocenters. The summed E-state index contributed by atoms with van der Waals surface area (Å²) < 4.78 is 18.2. The Morgan fingerprint density at radius 3 is 2.43 bits per heavy atom. The predicted molar refractivity (Wildman–Crippen MR) is 115 cm³/mol. The fourth-order valence-corrected chi connectivity index (χ4v) is 5.51. The first-order chi connectivity index (χ1) is 14.5. The minimum atomic E-state index is -1.44. The van der Waals surface area contributed by atoms with E-state index in [0.29, 0.717) is 54.8 Å². The van der Waals surface area contributed by atoms with Crippen molar-refractivity contribution in [2.45, 2.75) is 41.4 Å². The molecule has 1 aliphatic rings. The summed E-state index contributed by atoms with van der Waals surface area (Å²) in [5, 5.41) is 23.1. The highest BCUT2D eigenvalue weighted by molar-refractivity contribution is 7.92. The van der Waals surface area contributed by atoms with E-state index in [9.17, 15) is 14.5 Å². The molecule has 1 saturated heterocycles. The van der Waals surface area contributed by atoms with Crippen LogP contribution in [0.3, 0.4) is 0 Å². The lowest BCUT2D eigenvalue weighted by Gasteiger charge is -2.39. The van der Waals surface area contributed by atoms with Crippen molar-refractivity contribution < 1.29 is 19.2 Å². The Bertz CT molecular complexity index is 887. The highest BCUT2D eigenvalue weighted by atomic mass is 32.2. The number of nitriles is 1. The monoisotopic (exact) mass is 426 g/mol. The molecule has 0 bridgehead atoms. The summed E-state index contributed by atoms with van der Waals surface area (Å²) in [6.07, 6.45) is 2.28. The SMILES string of the molecule is COC(=O)c1ccc([S+]([O-])C(CCc2ccc(C#N)cc2)C2(O)CCNCC2)cc1. The van der Waals surface area contributed by atoms with Crippen LogP contribution in [0, 0.1) is 11.3 Å². The van der Waals surface area contributed by atoms with Crippen LogP contribution in [0.15, 0.2) is 53.4 Å². The number of methoxy groups -OCH3 is 1. The van der Waals surface area contributed by atoms with Gasteiger partial charge in [-0.25, -0.2) is 4.79 Å². The second kappa shape index (κ2) is 10.1. The molecule has 1 heterocycles. The maximum absolute atomic E-state index is 13.5. The average molecular weight is 427 g/mol. The average Bonchev–Trinajstić information content (AvgIpc) is 2.79. The third kappa shape index (κ3) is 5.21. The van der Waals surface area contributed by atoms with Gasteiger partial charge in [-0.15, -0.1) is 0 Å². The van der Waals surface area contributed by atoms with Crippen LogP contribution in [-0.4, -0.2) is 46.7 Å². The van der Waals surface area contributed by atoms with Gasteiger partial charge in [-0.05, 0) is 85.5 Å². The molecule has 7 heteroatoms. The quantitative estimate of drug-likeness (QED) is 0.521. The molecular weight excluding hydrogens is 400 g/mol. The van der Waals surface area contributed by atoms with Gasteiger partial charge in [-0.1, -0.05) is 12.1 Å². The number of hydrogen-bond donors (Lipinski definition) is 2. The molecule has 158 valence electrons. The molecule has 30 heavy (non-hydrogen) atoms. The van der Waals surface area contributed by atoms with E-state index in [0.717, 1.165) is 5.56 Å². The number of esters is 1. The lowest BCUT2D eigenvalue weighted by atomic mass is 9.86. The summed E-state index contributed by atoms with van der Waals surface area (Å²) >= 11 is -1.44. The third-order valence-corrected chi connectivity index (χ3v) is 7.54. The number of benzene rings is 2.